The average Bonchev–Trinajstić information content (AvgIpc) is 2.16. The molecule has 0 bridgehead atoms. The van der Waals surface area contributed by atoms with Crippen molar-refractivity contribution in [2.24, 2.45) is 0 Å². The normalized spacial score (nSPS) is 16.8. The summed E-state index contributed by atoms with van der Waals surface area (Å²) in [6, 6.07) is 0. The first-order valence-electron chi connectivity index (χ1n) is 5.75. The molecule has 5 heteroatoms. The molecule has 1 rings (SSSR count). The molecule has 0 aromatic heterocycles. The van der Waals surface area contributed by atoms with Gasteiger partial charge < -0.3 is 9.16 Å². The van der Waals surface area contributed by atoms with Gasteiger partial charge in [0.05, 0.1) is 12.4 Å². The fraction of sp³-hybridized carbons (Fsp3) is 0.727. The highest BCUT2D eigenvalue weighted by molar-refractivity contribution is 6.70. The summed E-state index contributed by atoms with van der Waals surface area (Å²) >= 11 is 0. The molecule has 16 heavy (non-hydrogen) atoms. The van der Waals surface area contributed by atoms with Crippen molar-refractivity contribution >= 4 is 14.4 Å². The lowest BCUT2D eigenvalue weighted by Crippen LogP contribution is -2.33. The molecular formula is C11H21NO3Si. The number of carbonyl (C=O) groups excluding carboxylic acids is 1. The Labute approximate surface area is 98.3 Å². The van der Waals surface area contributed by atoms with Gasteiger partial charge in [0.1, 0.15) is 0 Å². The average molecular weight is 243 g/mol. The van der Waals surface area contributed by atoms with Crippen molar-refractivity contribution in [1.29, 1.82) is 0 Å². The molecule has 0 fully saturated rings. The fourth-order valence-electron chi connectivity index (χ4n) is 1.55. The van der Waals surface area contributed by atoms with E-state index in [1.54, 1.807) is 11.1 Å². The van der Waals surface area contributed by atoms with Crippen LogP contribution in [0.15, 0.2) is 12.0 Å². The summed E-state index contributed by atoms with van der Waals surface area (Å²) in [7, 11) is -1.57. The van der Waals surface area contributed by atoms with Crippen LogP contribution in [0.4, 0.5) is 4.79 Å². The maximum Gasteiger partial charge on any atom is 0.413 e. The fourth-order valence-corrected chi connectivity index (χ4v) is 2.49. The summed E-state index contributed by atoms with van der Waals surface area (Å²) in [5.41, 5.74) is 0. The largest absolute Gasteiger partial charge is 0.546 e. The second-order valence-corrected chi connectivity index (χ2v) is 9.23. The molecule has 1 aliphatic heterocycles. The van der Waals surface area contributed by atoms with Crippen molar-refractivity contribution in [3.63, 3.8) is 0 Å². The van der Waals surface area contributed by atoms with Crippen LogP contribution in [0.3, 0.4) is 0 Å². The van der Waals surface area contributed by atoms with Crippen molar-refractivity contribution in [2.45, 2.75) is 39.4 Å². The third-order valence-electron chi connectivity index (χ3n) is 2.06. The van der Waals surface area contributed by atoms with Crippen molar-refractivity contribution in [3.8, 4) is 0 Å². The predicted molar refractivity (Wildman–Crippen MR) is 65.5 cm³/mol. The zero-order valence-electron chi connectivity index (χ0n) is 10.6. The number of allylic oxidation sites excluding steroid dienone is 1. The van der Waals surface area contributed by atoms with E-state index in [9.17, 15) is 4.79 Å². The van der Waals surface area contributed by atoms with Crippen LogP contribution in [0.5, 0.6) is 0 Å². The van der Waals surface area contributed by atoms with E-state index in [0.717, 1.165) is 25.1 Å². The molecule has 0 saturated heterocycles. The van der Waals surface area contributed by atoms with Gasteiger partial charge >= 0.3 is 6.09 Å². The predicted octanol–water partition coefficient (Wildman–Crippen LogP) is 2.93. The summed E-state index contributed by atoms with van der Waals surface area (Å²) in [5.74, 6) is 0.915. The van der Waals surface area contributed by atoms with Crippen LogP contribution in [0.1, 0.15) is 19.8 Å². The molecule has 0 radical (unpaired) electrons. The Morgan fingerprint density at radius 1 is 1.50 bits per heavy atom. The van der Waals surface area contributed by atoms with Crippen molar-refractivity contribution in [1.82, 2.24) is 4.90 Å². The van der Waals surface area contributed by atoms with E-state index in [0.29, 0.717) is 6.61 Å². The van der Waals surface area contributed by atoms with Crippen molar-refractivity contribution < 1.29 is 14.0 Å². The van der Waals surface area contributed by atoms with Gasteiger partial charge in [-0.2, -0.15) is 0 Å². The van der Waals surface area contributed by atoms with Gasteiger partial charge in [-0.25, -0.2) is 4.79 Å². The van der Waals surface area contributed by atoms with Gasteiger partial charge in [-0.1, -0.05) is 0 Å². The molecule has 0 N–H and O–H groups in total. The number of hydrogen-bond acceptors (Lipinski definition) is 3. The Kier molecular flexibility index (Phi) is 4.41. The topological polar surface area (TPSA) is 38.8 Å². The Bertz CT molecular complexity index is 283. The number of nitrogens with zero attached hydrogens (tertiary/aromatic N) is 1. The van der Waals surface area contributed by atoms with Gasteiger partial charge in [-0.15, -0.1) is 0 Å². The molecular weight excluding hydrogens is 222 g/mol. The maximum absolute atomic E-state index is 11.5. The van der Waals surface area contributed by atoms with Gasteiger partial charge in [0.15, 0.2) is 0 Å². The van der Waals surface area contributed by atoms with Crippen LogP contribution < -0.4 is 0 Å². The van der Waals surface area contributed by atoms with Crippen LogP contribution in [0.25, 0.3) is 0 Å². The first kappa shape index (κ1) is 13.1. The summed E-state index contributed by atoms with van der Waals surface area (Å²) in [4.78, 5) is 13.1. The lowest BCUT2D eigenvalue weighted by molar-refractivity contribution is 0.117. The molecule has 1 amide bonds. The van der Waals surface area contributed by atoms with E-state index in [1.165, 1.54) is 0 Å². The number of hydrogen-bond donors (Lipinski definition) is 0. The van der Waals surface area contributed by atoms with E-state index in [2.05, 4.69) is 19.6 Å². The van der Waals surface area contributed by atoms with Gasteiger partial charge in [-0.05, 0) is 33.0 Å². The van der Waals surface area contributed by atoms with Crippen molar-refractivity contribution in [3.05, 3.63) is 12.0 Å². The Balaban J connectivity index is 2.62. The molecule has 4 nitrogen and oxygen atoms in total. The number of amides is 1. The summed E-state index contributed by atoms with van der Waals surface area (Å²) in [6.07, 6.45) is 3.37. The highest BCUT2D eigenvalue weighted by Gasteiger charge is 2.22. The lowest BCUT2D eigenvalue weighted by Gasteiger charge is -2.28. The maximum atomic E-state index is 11.5. The SMILES string of the molecule is CCOC(=O)N1C=C(O[Si](C)(C)C)CCC1. The van der Waals surface area contributed by atoms with Crippen LogP contribution in [-0.2, 0) is 9.16 Å². The van der Waals surface area contributed by atoms with Gasteiger partial charge in [0, 0.05) is 19.2 Å². The molecule has 0 aromatic carbocycles. The summed E-state index contributed by atoms with van der Waals surface area (Å²) < 4.78 is 10.8. The highest BCUT2D eigenvalue weighted by atomic mass is 28.4. The first-order chi connectivity index (χ1) is 7.42. The molecule has 1 aliphatic rings. The summed E-state index contributed by atoms with van der Waals surface area (Å²) in [5, 5.41) is 0. The second kappa shape index (κ2) is 5.38. The van der Waals surface area contributed by atoms with E-state index in [-0.39, 0.29) is 6.09 Å². The Morgan fingerprint density at radius 3 is 2.75 bits per heavy atom. The van der Waals surface area contributed by atoms with Crippen LogP contribution in [0.2, 0.25) is 19.6 Å². The zero-order chi connectivity index (χ0) is 12.2. The molecule has 92 valence electrons. The first-order valence-corrected chi connectivity index (χ1v) is 9.16. The van der Waals surface area contributed by atoms with Gasteiger partial charge in [-0.3, -0.25) is 4.90 Å². The highest BCUT2D eigenvalue weighted by Crippen LogP contribution is 2.20. The Hall–Kier alpha value is -0.973. The number of ether oxygens (including phenoxy) is 1. The third kappa shape index (κ3) is 4.26. The Morgan fingerprint density at radius 2 is 2.19 bits per heavy atom. The molecule has 0 unspecified atom stereocenters. The van der Waals surface area contributed by atoms with E-state index >= 15 is 0 Å². The molecule has 1 heterocycles. The monoisotopic (exact) mass is 243 g/mol. The summed E-state index contributed by atoms with van der Waals surface area (Å²) in [6.45, 7) is 9.35. The van der Waals surface area contributed by atoms with Crippen LogP contribution in [-0.4, -0.2) is 32.5 Å². The van der Waals surface area contributed by atoms with Crippen LogP contribution in [0, 0.1) is 0 Å². The number of rotatable bonds is 3. The smallest absolute Gasteiger partial charge is 0.413 e. The van der Waals surface area contributed by atoms with Crippen molar-refractivity contribution in [2.75, 3.05) is 13.2 Å². The van der Waals surface area contributed by atoms with Crippen LogP contribution >= 0.6 is 0 Å². The molecule has 0 spiro atoms. The molecule has 0 aromatic rings. The minimum Gasteiger partial charge on any atom is -0.546 e. The lowest BCUT2D eigenvalue weighted by atomic mass is 10.2. The third-order valence-corrected chi connectivity index (χ3v) is 2.94. The minimum atomic E-state index is -1.57. The molecule has 0 aliphatic carbocycles. The number of carbonyl (C=O) groups is 1. The molecule has 0 atom stereocenters. The van der Waals surface area contributed by atoms with E-state index in [1.807, 2.05) is 6.92 Å². The standard InChI is InChI=1S/C11H21NO3Si/c1-5-14-11(13)12-8-6-7-10(9-12)15-16(2,3)4/h9H,5-8H2,1-4H3. The second-order valence-electron chi connectivity index (χ2n) is 4.81. The minimum absolute atomic E-state index is 0.279. The quantitative estimate of drug-likeness (QED) is 0.715. The van der Waals surface area contributed by atoms with Gasteiger partial charge in [0.2, 0.25) is 8.32 Å². The van der Waals surface area contributed by atoms with E-state index < -0.39 is 8.32 Å². The molecule has 0 saturated carbocycles. The van der Waals surface area contributed by atoms with Gasteiger partial charge in [0.25, 0.3) is 0 Å². The zero-order valence-corrected chi connectivity index (χ0v) is 11.6. The van der Waals surface area contributed by atoms with E-state index in [4.69, 9.17) is 9.16 Å².